The van der Waals surface area contributed by atoms with Crippen LogP contribution in [0.5, 0.6) is 0 Å². The zero-order chi connectivity index (χ0) is 26.7. The van der Waals surface area contributed by atoms with Gasteiger partial charge in [0.2, 0.25) is 11.8 Å². The SMILES string of the molecule is COC(=O)c1c(NC(=O)CSc2cccc(NC(=O)CC(C)(C)C)c2)sc2c1CCC(C(C)(C)C)C2. The molecule has 0 radical (unpaired) electrons. The molecule has 0 aliphatic heterocycles. The van der Waals surface area contributed by atoms with Crippen molar-refractivity contribution in [3.05, 3.63) is 40.3 Å². The summed E-state index contributed by atoms with van der Waals surface area (Å²) in [5, 5.41) is 6.48. The summed E-state index contributed by atoms with van der Waals surface area (Å²) < 4.78 is 5.06. The molecule has 1 heterocycles. The van der Waals surface area contributed by atoms with Crippen LogP contribution in [-0.2, 0) is 27.2 Å². The van der Waals surface area contributed by atoms with Crippen LogP contribution < -0.4 is 10.6 Å². The van der Waals surface area contributed by atoms with E-state index >= 15 is 0 Å². The van der Waals surface area contributed by atoms with Crippen LogP contribution in [0, 0.1) is 16.7 Å². The van der Waals surface area contributed by atoms with E-state index in [1.165, 1.54) is 35.1 Å². The number of amides is 2. The van der Waals surface area contributed by atoms with Gasteiger partial charge in [-0.05, 0) is 59.8 Å². The van der Waals surface area contributed by atoms with Crippen molar-refractivity contribution in [1.29, 1.82) is 0 Å². The third-order valence-electron chi connectivity index (χ3n) is 6.31. The quantitative estimate of drug-likeness (QED) is 0.304. The molecule has 0 saturated heterocycles. The predicted molar refractivity (Wildman–Crippen MR) is 149 cm³/mol. The average molecular weight is 531 g/mol. The summed E-state index contributed by atoms with van der Waals surface area (Å²) in [4.78, 5) is 39.8. The van der Waals surface area contributed by atoms with Crippen LogP contribution in [0.4, 0.5) is 10.7 Å². The maximum absolute atomic E-state index is 12.9. The number of hydrogen-bond acceptors (Lipinski definition) is 6. The molecule has 6 nitrogen and oxygen atoms in total. The predicted octanol–water partition coefficient (Wildman–Crippen LogP) is 6.79. The molecule has 2 aromatic rings. The number of rotatable bonds is 7. The molecule has 3 rings (SSSR count). The Kier molecular flexibility index (Phi) is 8.93. The summed E-state index contributed by atoms with van der Waals surface area (Å²) in [6.45, 7) is 12.8. The van der Waals surface area contributed by atoms with Crippen molar-refractivity contribution in [2.45, 2.75) is 72.1 Å². The molecule has 0 saturated carbocycles. The number of carbonyl (C=O) groups is 3. The highest BCUT2D eigenvalue weighted by Crippen LogP contribution is 2.44. The van der Waals surface area contributed by atoms with Gasteiger partial charge < -0.3 is 15.4 Å². The van der Waals surface area contributed by atoms with Crippen molar-refractivity contribution in [3.8, 4) is 0 Å². The van der Waals surface area contributed by atoms with Crippen molar-refractivity contribution in [2.75, 3.05) is 23.5 Å². The summed E-state index contributed by atoms with van der Waals surface area (Å²) in [5.74, 6) is 0.104. The first kappa shape index (κ1) is 28.3. The number of hydrogen-bond donors (Lipinski definition) is 2. The van der Waals surface area contributed by atoms with Crippen molar-refractivity contribution in [2.24, 2.45) is 16.7 Å². The lowest BCUT2D eigenvalue weighted by molar-refractivity contribution is -0.118. The molecule has 1 unspecified atom stereocenters. The number of thiophene rings is 1. The number of nitrogens with one attached hydrogen (secondary N) is 2. The van der Waals surface area contributed by atoms with Gasteiger partial charge in [-0.1, -0.05) is 47.6 Å². The van der Waals surface area contributed by atoms with E-state index in [0.29, 0.717) is 28.6 Å². The molecule has 8 heteroatoms. The topological polar surface area (TPSA) is 84.5 Å². The van der Waals surface area contributed by atoms with Crippen LogP contribution in [0.25, 0.3) is 0 Å². The van der Waals surface area contributed by atoms with E-state index in [1.54, 1.807) is 0 Å². The second-order valence-electron chi connectivity index (χ2n) is 11.7. The first-order valence-corrected chi connectivity index (χ1v) is 14.1. The van der Waals surface area contributed by atoms with E-state index in [9.17, 15) is 14.4 Å². The van der Waals surface area contributed by atoms with Crippen molar-refractivity contribution in [1.82, 2.24) is 0 Å². The summed E-state index contributed by atoms with van der Waals surface area (Å²) in [6.07, 6.45) is 3.17. The van der Waals surface area contributed by atoms with E-state index in [0.717, 1.165) is 29.7 Å². The zero-order valence-electron chi connectivity index (χ0n) is 22.4. The van der Waals surface area contributed by atoms with Crippen LogP contribution in [0.2, 0.25) is 0 Å². The minimum absolute atomic E-state index is 0.0342. The molecule has 0 bridgehead atoms. The van der Waals surface area contributed by atoms with Gasteiger partial charge in [0.15, 0.2) is 0 Å². The standard InChI is InChI=1S/C28H38N2O4S2/c1-27(2,3)15-22(31)29-18-9-8-10-19(14-18)35-16-23(32)30-25-24(26(33)34-7)20-12-11-17(28(4,5)6)13-21(20)36-25/h8-10,14,17H,11-13,15-16H2,1-7H3,(H,29,31)(H,30,32). The Labute approximate surface area is 223 Å². The van der Waals surface area contributed by atoms with E-state index < -0.39 is 5.97 Å². The smallest absolute Gasteiger partial charge is 0.341 e. The Morgan fingerprint density at radius 3 is 2.44 bits per heavy atom. The summed E-state index contributed by atoms with van der Waals surface area (Å²) in [6, 6.07) is 7.48. The summed E-state index contributed by atoms with van der Waals surface area (Å²) in [7, 11) is 1.38. The monoisotopic (exact) mass is 530 g/mol. The molecule has 2 N–H and O–H groups in total. The van der Waals surface area contributed by atoms with Gasteiger partial charge in [0.25, 0.3) is 0 Å². The molecule has 1 aliphatic carbocycles. The number of fused-ring (bicyclic) bond motifs is 1. The van der Waals surface area contributed by atoms with Crippen molar-refractivity contribution >= 4 is 51.6 Å². The van der Waals surface area contributed by atoms with Gasteiger partial charge in [-0.25, -0.2) is 4.79 Å². The van der Waals surface area contributed by atoms with Crippen LogP contribution in [0.1, 0.15) is 75.2 Å². The molecular weight excluding hydrogens is 492 g/mol. The Balaban J connectivity index is 1.67. The normalized spacial score (nSPS) is 15.7. The highest BCUT2D eigenvalue weighted by Gasteiger charge is 2.34. The summed E-state index contributed by atoms with van der Waals surface area (Å²) >= 11 is 2.89. The molecular formula is C28H38N2O4S2. The van der Waals surface area contributed by atoms with Gasteiger partial charge in [-0.2, -0.15) is 0 Å². The third-order valence-corrected chi connectivity index (χ3v) is 8.47. The number of ether oxygens (including phenoxy) is 1. The van der Waals surface area contributed by atoms with Crippen molar-refractivity contribution < 1.29 is 19.1 Å². The van der Waals surface area contributed by atoms with Gasteiger partial charge in [-0.3, -0.25) is 9.59 Å². The Bertz CT molecular complexity index is 1130. The van der Waals surface area contributed by atoms with Crippen LogP contribution in [0.3, 0.4) is 0 Å². The summed E-state index contributed by atoms with van der Waals surface area (Å²) in [5.41, 5.74) is 2.34. The maximum Gasteiger partial charge on any atom is 0.341 e. The number of carbonyl (C=O) groups excluding carboxylic acids is 3. The number of anilines is 2. The molecule has 0 spiro atoms. The Hall–Kier alpha value is -2.32. The van der Waals surface area contributed by atoms with Crippen molar-refractivity contribution in [3.63, 3.8) is 0 Å². The van der Waals surface area contributed by atoms with Crippen LogP contribution in [0.15, 0.2) is 29.2 Å². The van der Waals surface area contributed by atoms with E-state index in [1.807, 2.05) is 45.0 Å². The van der Waals surface area contributed by atoms with E-state index in [2.05, 4.69) is 31.4 Å². The maximum atomic E-state index is 12.9. The molecule has 1 aromatic heterocycles. The number of esters is 1. The van der Waals surface area contributed by atoms with Crippen LogP contribution >= 0.6 is 23.1 Å². The molecule has 36 heavy (non-hydrogen) atoms. The molecule has 0 fully saturated rings. The minimum Gasteiger partial charge on any atom is -0.465 e. The molecule has 1 aromatic carbocycles. The van der Waals surface area contributed by atoms with Gasteiger partial charge in [0, 0.05) is 21.9 Å². The lowest BCUT2D eigenvalue weighted by Gasteiger charge is -2.33. The molecule has 1 atom stereocenters. The molecule has 196 valence electrons. The fourth-order valence-corrected chi connectivity index (χ4v) is 6.48. The fraction of sp³-hybridized carbons (Fsp3) is 0.536. The van der Waals surface area contributed by atoms with Gasteiger partial charge >= 0.3 is 5.97 Å². The highest BCUT2D eigenvalue weighted by atomic mass is 32.2. The number of thioether (sulfide) groups is 1. The molecule has 1 aliphatic rings. The second-order valence-corrected chi connectivity index (χ2v) is 13.8. The second kappa shape index (κ2) is 11.4. The molecule has 2 amide bonds. The third kappa shape index (κ3) is 7.59. The van der Waals surface area contributed by atoms with E-state index in [-0.39, 0.29) is 28.4 Å². The van der Waals surface area contributed by atoms with Gasteiger partial charge in [0.05, 0.1) is 18.4 Å². The fourth-order valence-electron chi connectivity index (χ4n) is 4.39. The lowest BCUT2D eigenvalue weighted by atomic mass is 9.72. The average Bonchev–Trinajstić information content (AvgIpc) is 3.12. The van der Waals surface area contributed by atoms with Gasteiger partial charge in [-0.15, -0.1) is 23.1 Å². The first-order valence-electron chi connectivity index (χ1n) is 12.3. The lowest BCUT2D eigenvalue weighted by Crippen LogP contribution is -2.26. The largest absolute Gasteiger partial charge is 0.465 e. The zero-order valence-corrected chi connectivity index (χ0v) is 24.0. The first-order chi connectivity index (χ1) is 16.8. The number of benzene rings is 1. The van der Waals surface area contributed by atoms with E-state index in [4.69, 9.17) is 4.74 Å². The Morgan fingerprint density at radius 2 is 1.81 bits per heavy atom. The van der Waals surface area contributed by atoms with Crippen LogP contribution in [-0.4, -0.2) is 30.6 Å². The highest BCUT2D eigenvalue weighted by molar-refractivity contribution is 8.00. The van der Waals surface area contributed by atoms with Gasteiger partial charge in [0.1, 0.15) is 5.00 Å². The number of methoxy groups -OCH3 is 1. The Morgan fingerprint density at radius 1 is 1.08 bits per heavy atom. The minimum atomic E-state index is -0.400.